The minimum atomic E-state index is -2.97. The van der Waals surface area contributed by atoms with E-state index in [-0.39, 0.29) is 28.7 Å². The third-order valence-corrected chi connectivity index (χ3v) is 3.87. The van der Waals surface area contributed by atoms with Gasteiger partial charge >= 0.3 is 6.61 Å². The highest BCUT2D eigenvalue weighted by molar-refractivity contribution is 5.81. The maximum absolute atomic E-state index is 12.4. The third kappa shape index (κ3) is 4.77. The second-order valence-corrected chi connectivity index (χ2v) is 5.77. The van der Waals surface area contributed by atoms with E-state index in [2.05, 4.69) is 25.2 Å². The van der Waals surface area contributed by atoms with E-state index in [1.54, 1.807) is 30.3 Å². The average Bonchev–Trinajstić information content (AvgIpc) is 2.74. The van der Waals surface area contributed by atoms with Crippen molar-refractivity contribution in [1.29, 1.82) is 5.26 Å². The van der Waals surface area contributed by atoms with Crippen LogP contribution in [0.4, 0.5) is 14.7 Å². The molecule has 0 aliphatic carbocycles. The number of hydrogen-bond acceptors (Lipinski definition) is 7. The number of nitriles is 1. The van der Waals surface area contributed by atoms with Gasteiger partial charge in [-0.2, -0.15) is 19.1 Å². The smallest absolute Gasteiger partial charge is 0.387 e. The molecule has 0 unspecified atom stereocenters. The van der Waals surface area contributed by atoms with Gasteiger partial charge in [-0.05, 0) is 23.8 Å². The molecule has 10 heteroatoms. The van der Waals surface area contributed by atoms with Crippen molar-refractivity contribution >= 4 is 12.2 Å². The van der Waals surface area contributed by atoms with Gasteiger partial charge in [0.25, 0.3) is 5.56 Å². The molecule has 0 radical (unpaired) electrons. The van der Waals surface area contributed by atoms with Crippen molar-refractivity contribution in [3.63, 3.8) is 0 Å². The largest absolute Gasteiger partial charge is 0.493 e. The average molecular weight is 411 g/mol. The molecular weight excluding hydrogens is 396 g/mol. The number of rotatable bonds is 7. The fraction of sp³-hybridized carbons (Fsp3) is 0.100. The summed E-state index contributed by atoms with van der Waals surface area (Å²) in [5.41, 5.74) is 3.19. The highest BCUT2D eigenvalue weighted by atomic mass is 19.3. The summed E-state index contributed by atoms with van der Waals surface area (Å²) in [7, 11) is 1.32. The zero-order valence-corrected chi connectivity index (χ0v) is 15.6. The van der Waals surface area contributed by atoms with Gasteiger partial charge in [-0.3, -0.25) is 9.78 Å². The first-order valence-corrected chi connectivity index (χ1v) is 8.53. The van der Waals surface area contributed by atoms with Gasteiger partial charge < -0.3 is 9.47 Å². The molecule has 1 aromatic heterocycles. The Labute approximate surface area is 169 Å². The van der Waals surface area contributed by atoms with Crippen molar-refractivity contribution in [1.82, 2.24) is 9.97 Å². The summed E-state index contributed by atoms with van der Waals surface area (Å²) >= 11 is 0. The number of hydrogen-bond donors (Lipinski definition) is 2. The number of nitrogens with one attached hydrogen (secondary N) is 2. The number of aromatic nitrogens is 2. The van der Waals surface area contributed by atoms with Gasteiger partial charge in [0, 0.05) is 5.56 Å². The minimum absolute atomic E-state index is 0.0266. The zero-order chi connectivity index (χ0) is 21.5. The standard InChI is InChI=1S/C20H15F2N5O3/c1-29-16-9-12(7-8-15(16)30-19(21)22)11-24-27-20-25-17(13-5-3-2-4-6-13)14(10-23)18(28)26-20/h2-9,11,19H,1H3,(H2,25,26,27,28). The predicted octanol–water partition coefficient (Wildman–Crippen LogP) is 3.36. The number of ether oxygens (including phenoxy) is 2. The summed E-state index contributed by atoms with van der Waals surface area (Å²) in [5, 5.41) is 13.2. The molecule has 3 aromatic rings. The number of benzene rings is 2. The van der Waals surface area contributed by atoms with Crippen molar-refractivity contribution in [3.05, 3.63) is 70.0 Å². The summed E-state index contributed by atoms with van der Waals surface area (Å²) in [5.74, 6) is 0.0254. The Hall–Kier alpha value is -4.26. The van der Waals surface area contributed by atoms with Crippen LogP contribution in [0, 0.1) is 11.3 Å². The summed E-state index contributed by atoms with van der Waals surface area (Å²) in [6.45, 7) is -2.97. The lowest BCUT2D eigenvalue weighted by molar-refractivity contribution is -0.0512. The maximum atomic E-state index is 12.4. The number of alkyl halides is 2. The number of H-pyrrole nitrogens is 1. The van der Waals surface area contributed by atoms with Crippen molar-refractivity contribution < 1.29 is 18.3 Å². The molecular formula is C20H15F2N5O3. The molecule has 0 atom stereocenters. The number of anilines is 1. The monoisotopic (exact) mass is 411 g/mol. The SMILES string of the molecule is COc1cc(C=NNc2nc(-c3ccccc3)c(C#N)c(=O)[nH]2)ccc1OC(F)F. The van der Waals surface area contributed by atoms with Gasteiger partial charge in [0.2, 0.25) is 5.95 Å². The summed E-state index contributed by atoms with van der Waals surface area (Å²) in [6, 6.07) is 14.9. The van der Waals surface area contributed by atoms with Crippen molar-refractivity contribution in [2.45, 2.75) is 6.61 Å². The summed E-state index contributed by atoms with van der Waals surface area (Å²) < 4.78 is 34.2. The van der Waals surface area contributed by atoms with Gasteiger partial charge in [-0.15, -0.1) is 0 Å². The molecule has 0 aliphatic rings. The Morgan fingerprint density at radius 1 is 1.23 bits per heavy atom. The molecule has 0 fully saturated rings. The normalized spacial score (nSPS) is 10.8. The predicted molar refractivity (Wildman–Crippen MR) is 106 cm³/mol. The van der Waals surface area contributed by atoms with Gasteiger partial charge in [0.05, 0.1) is 19.0 Å². The van der Waals surface area contributed by atoms with Crippen LogP contribution in [0.2, 0.25) is 0 Å². The van der Waals surface area contributed by atoms with E-state index in [0.29, 0.717) is 11.1 Å². The molecule has 2 N–H and O–H groups in total. The molecule has 0 amide bonds. The van der Waals surface area contributed by atoms with Crippen LogP contribution in [0.3, 0.4) is 0 Å². The van der Waals surface area contributed by atoms with E-state index in [9.17, 15) is 18.8 Å². The van der Waals surface area contributed by atoms with Crippen molar-refractivity contribution in [3.8, 4) is 28.8 Å². The minimum Gasteiger partial charge on any atom is -0.493 e. The summed E-state index contributed by atoms with van der Waals surface area (Å²) in [4.78, 5) is 18.9. The fourth-order valence-corrected chi connectivity index (χ4v) is 2.56. The molecule has 3 rings (SSSR count). The van der Waals surface area contributed by atoms with Gasteiger partial charge in [0.15, 0.2) is 11.5 Å². The Morgan fingerprint density at radius 3 is 2.67 bits per heavy atom. The van der Waals surface area contributed by atoms with E-state index < -0.39 is 12.2 Å². The van der Waals surface area contributed by atoms with Gasteiger partial charge in [0.1, 0.15) is 11.6 Å². The molecule has 0 spiro atoms. The lowest BCUT2D eigenvalue weighted by Gasteiger charge is -2.10. The first kappa shape index (κ1) is 20.5. The number of methoxy groups -OCH3 is 1. The molecule has 0 saturated carbocycles. The molecule has 8 nitrogen and oxygen atoms in total. The lowest BCUT2D eigenvalue weighted by Crippen LogP contribution is -2.16. The van der Waals surface area contributed by atoms with Crippen LogP contribution in [-0.2, 0) is 0 Å². The molecule has 0 aliphatic heterocycles. The first-order chi connectivity index (χ1) is 14.5. The lowest BCUT2D eigenvalue weighted by atomic mass is 10.1. The molecule has 152 valence electrons. The second kappa shape index (κ2) is 9.29. The van der Waals surface area contributed by atoms with E-state index in [1.165, 1.54) is 31.5 Å². The molecule has 30 heavy (non-hydrogen) atoms. The van der Waals surface area contributed by atoms with Crippen LogP contribution in [0.5, 0.6) is 11.5 Å². The molecule has 0 bridgehead atoms. The van der Waals surface area contributed by atoms with Crippen LogP contribution >= 0.6 is 0 Å². The topological polar surface area (TPSA) is 112 Å². The van der Waals surface area contributed by atoms with Crippen LogP contribution in [0.1, 0.15) is 11.1 Å². The van der Waals surface area contributed by atoms with Gasteiger partial charge in [-0.1, -0.05) is 30.3 Å². The van der Waals surface area contributed by atoms with Gasteiger partial charge in [-0.25, -0.2) is 10.4 Å². The Balaban J connectivity index is 1.84. The Morgan fingerprint density at radius 2 is 2.00 bits per heavy atom. The van der Waals surface area contributed by atoms with Crippen LogP contribution < -0.4 is 20.5 Å². The van der Waals surface area contributed by atoms with E-state index >= 15 is 0 Å². The Kier molecular flexibility index (Phi) is 6.34. The number of aromatic amines is 1. The first-order valence-electron chi connectivity index (χ1n) is 8.53. The highest BCUT2D eigenvalue weighted by Gasteiger charge is 2.13. The molecule has 1 heterocycles. The van der Waals surface area contributed by atoms with Crippen molar-refractivity contribution in [2.24, 2.45) is 5.10 Å². The summed E-state index contributed by atoms with van der Waals surface area (Å²) in [6.07, 6.45) is 1.37. The van der Waals surface area contributed by atoms with E-state index in [4.69, 9.17) is 4.74 Å². The highest BCUT2D eigenvalue weighted by Crippen LogP contribution is 2.29. The Bertz CT molecular complexity index is 1160. The maximum Gasteiger partial charge on any atom is 0.387 e. The zero-order valence-electron chi connectivity index (χ0n) is 15.6. The van der Waals surface area contributed by atoms with Crippen LogP contribution in [0.25, 0.3) is 11.3 Å². The number of nitrogens with zero attached hydrogens (tertiary/aromatic N) is 3. The molecule has 2 aromatic carbocycles. The van der Waals surface area contributed by atoms with Crippen molar-refractivity contribution in [2.75, 3.05) is 12.5 Å². The second-order valence-electron chi connectivity index (χ2n) is 5.77. The number of hydrazone groups is 1. The van der Waals surface area contributed by atoms with E-state index in [0.717, 1.165) is 0 Å². The molecule has 0 saturated heterocycles. The fourth-order valence-electron chi connectivity index (χ4n) is 2.56. The van der Waals surface area contributed by atoms with Crippen LogP contribution in [-0.4, -0.2) is 29.9 Å². The third-order valence-electron chi connectivity index (χ3n) is 3.87. The van der Waals surface area contributed by atoms with Crippen LogP contribution in [0.15, 0.2) is 58.4 Å². The van der Waals surface area contributed by atoms with E-state index in [1.807, 2.05) is 6.07 Å². The number of halogens is 2. The quantitative estimate of drug-likeness (QED) is 0.455.